The minimum atomic E-state index is -4.71. The molecule has 172 valence electrons. The van der Waals surface area contributed by atoms with Crippen LogP contribution in [-0.4, -0.2) is 39.5 Å². The van der Waals surface area contributed by atoms with E-state index in [-0.39, 0.29) is 0 Å². The average molecular weight is 478 g/mol. The number of hydrogen-bond acceptors (Lipinski definition) is 4. The first kappa shape index (κ1) is 22.7. The Morgan fingerprint density at radius 3 is 2.18 bits per heavy atom. The molecule has 0 saturated carbocycles. The number of nitrogens with zero attached hydrogens (tertiary/aromatic N) is 3. The van der Waals surface area contributed by atoms with Crippen LogP contribution in [0.5, 0.6) is 5.75 Å². The summed E-state index contributed by atoms with van der Waals surface area (Å²) in [4.78, 5) is 25.7. The quantitative estimate of drug-likeness (QED) is 0.608. The van der Waals surface area contributed by atoms with Gasteiger partial charge in [0.15, 0.2) is 11.4 Å². The van der Waals surface area contributed by atoms with Crippen LogP contribution in [0.25, 0.3) is 0 Å². The van der Waals surface area contributed by atoms with Crippen LogP contribution in [-0.2, 0) is 0 Å². The summed E-state index contributed by atoms with van der Waals surface area (Å²) < 4.78 is 42.1. The van der Waals surface area contributed by atoms with E-state index in [9.17, 15) is 27.9 Å². The molecule has 0 saturated heterocycles. The summed E-state index contributed by atoms with van der Waals surface area (Å²) in [7, 11) is 0. The van der Waals surface area contributed by atoms with Crippen molar-refractivity contribution < 1.29 is 23.1 Å². The SMILES string of the molecule is C[C@@H](N1CN(C(c2ccccc2)c2ccc(Cl)cc2)n2ccc(=O)c(O)c2C1=O)C(F)(F)F. The fourth-order valence-electron chi connectivity index (χ4n) is 3.85. The minimum Gasteiger partial charge on any atom is -0.502 e. The molecule has 10 heteroatoms. The summed E-state index contributed by atoms with van der Waals surface area (Å²) in [6.45, 7) is 0.417. The Hall–Kier alpha value is -3.46. The van der Waals surface area contributed by atoms with Crippen LogP contribution in [0.4, 0.5) is 13.2 Å². The van der Waals surface area contributed by atoms with E-state index < -0.39 is 47.7 Å². The lowest BCUT2D eigenvalue weighted by atomic mass is 9.98. The number of aromatic hydroxyl groups is 1. The molecule has 0 fully saturated rings. The van der Waals surface area contributed by atoms with E-state index in [1.54, 1.807) is 54.6 Å². The Balaban J connectivity index is 1.95. The average Bonchev–Trinajstić information content (AvgIpc) is 2.78. The van der Waals surface area contributed by atoms with Crippen molar-refractivity contribution >= 4 is 17.5 Å². The number of pyridine rings is 1. The van der Waals surface area contributed by atoms with Crippen LogP contribution in [0.15, 0.2) is 71.7 Å². The van der Waals surface area contributed by atoms with E-state index in [0.717, 1.165) is 18.6 Å². The van der Waals surface area contributed by atoms with Crippen LogP contribution in [0.2, 0.25) is 5.02 Å². The van der Waals surface area contributed by atoms with Crippen molar-refractivity contribution in [2.24, 2.45) is 0 Å². The third-order valence-electron chi connectivity index (χ3n) is 5.63. The predicted octanol–water partition coefficient (Wildman–Crippen LogP) is 4.30. The lowest BCUT2D eigenvalue weighted by molar-refractivity contribution is -0.173. The monoisotopic (exact) mass is 477 g/mol. The van der Waals surface area contributed by atoms with Gasteiger partial charge in [0.25, 0.3) is 5.91 Å². The molecule has 2 heterocycles. The van der Waals surface area contributed by atoms with Gasteiger partial charge in [-0.15, -0.1) is 0 Å². The number of fused-ring (bicyclic) bond motifs is 1. The second kappa shape index (κ2) is 8.47. The highest BCUT2D eigenvalue weighted by Crippen LogP contribution is 2.35. The summed E-state index contributed by atoms with van der Waals surface area (Å²) >= 11 is 6.04. The molecule has 0 radical (unpaired) electrons. The second-order valence-corrected chi connectivity index (χ2v) is 8.10. The molecular weight excluding hydrogens is 459 g/mol. The van der Waals surface area contributed by atoms with Crippen molar-refractivity contribution in [2.45, 2.75) is 25.2 Å². The van der Waals surface area contributed by atoms with Gasteiger partial charge in [-0.2, -0.15) is 13.2 Å². The Labute approximate surface area is 192 Å². The lowest BCUT2D eigenvalue weighted by Crippen LogP contribution is -2.60. The number of amides is 1. The smallest absolute Gasteiger partial charge is 0.408 e. The summed E-state index contributed by atoms with van der Waals surface area (Å²) in [6.07, 6.45) is -3.44. The summed E-state index contributed by atoms with van der Waals surface area (Å²) in [6, 6.07) is 14.0. The molecule has 6 nitrogen and oxygen atoms in total. The molecule has 2 aromatic carbocycles. The molecular formula is C23H19ClF3N3O3. The Morgan fingerprint density at radius 2 is 1.58 bits per heavy atom. The van der Waals surface area contributed by atoms with Crippen molar-refractivity contribution in [3.63, 3.8) is 0 Å². The number of benzene rings is 2. The van der Waals surface area contributed by atoms with Gasteiger partial charge in [0.1, 0.15) is 12.7 Å². The first-order valence-electron chi connectivity index (χ1n) is 9.99. The first-order chi connectivity index (χ1) is 15.6. The van der Waals surface area contributed by atoms with Crippen molar-refractivity contribution in [2.75, 3.05) is 11.7 Å². The van der Waals surface area contributed by atoms with E-state index in [4.69, 9.17) is 11.6 Å². The van der Waals surface area contributed by atoms with Gasteiger partial charge in [-0.25, -0.2) is 0 Å². The van der Waals surface area contributed by atoms with Crippen molar-refractivity contribution in [3.05, 3.63) is 98.9 Å². The molecule has 1 aliphatic heterocycles. The third-order valence-corrected chi connectivity index (χ3v) is 5.88. The summed E-state index contributed by atoms with van der Waals surface area (Å²) in [5.41, 5.74) is 0.0141. The molecule has 1 unspecified atom stereocenters. The van der Waals surface area contributed by atoms with Gasteiger partial charge >= 0.3 is 6.18 Å². The molecule has 0 spiro atoms. The van der Waals surface area contributed by atoms with Gasteiger partial charge in [0.2, 0.25) is 5.43 Å². The topological polar surface area (TPSA) is 65.8 Å². The number of carbonyl (C=O) groups is 1. The number of hydrogen-bond donors (Lipinski definition) is 1. The van der Waals surface area contributed by atoms with Crippen molar-refractivity contribution in [1.29, 1.82) is 0 Å². The lowest BCUT2D eigenvalue weighted by Gasteiger charge is -2.45. The molecule has 1 amide bonds. The van der Waals surface area contributed by atoms with E-state index >= 15 is 0 Å². The normalized spacial score (nSPS) is 15.8. The maximum atomic E-state index is 13.6. The van der Waals surface area contributed by atoms with Crippen LogP contribution in [0.1, 0.15) is 34.6 Å². The van der Waals surface area contributed by atoms with E-state index in [2.05, 4.69) is 0 Å². The number of halogens is 4. The highest BCUT2D eigenvalue weighted by atomic mass is 35.5. The van der Waals surface area contributed by atoms with Crippen LogP contribution >= 0.6 is 11.6 Å². The zero-order valence-electron chi connectivity index (χ0n) is 17.3. The Bertz CT molecular complexity index is 1230. The maximum Gasteiger partial charge on any atom is 0.408 e. The molecule has 33 heavy (non-hydrogen) atoms. The van der Waals surface area contributed by atoms with Crippen LogP contribution < -0.4 is 10.4 Å². The highest BCUT2D eigenvalue weighted by Gasteiger charge is 2.47. The second-order valence-electron chi connectivity index (χ2n) is 7.66. The standard InChI is InChI=1S/C23H19ClF3N3O3/c1-14(23(25,26)27)28-13-30(29-12-11-18(31)21(32)20(29)22(28)33)19(15-5-3-2-4-6-15)16-7-9-17(24)10-8-16/h2-12,14,19,32H,13H2,1H3/t14-,19?/m1/s1. The maximum absolute atomic E-state index is 13.6. The van der Waals surface area contributed by atoms with Gasteiger partial charge in [0.05, 0.1) is 6.04 Å². The van der Waals surface area contributed by atoms with E-state index in [1.807, 2.05) is 0 Å². The van der Waals surface area contributed by atoms with Gasteiger partial charge < -0.3 is 10.0 Å². The van der Waals surface area contributed by atoms with Gasteiger partial charge in [0, 0.05) is 17.3 Å². The molecule has 0 bridgehead atoms. The largest absolute Gasteiger partial charge is 0.502 e. The minimum absolute atomic E-state index is 0.447. The number of aromatic nitrogens is 1. The Kier molecular flexibility index (Phi) is 5.84. The third kappa shape index (κ3) is 4.16. The molecule has 0 aliphatic carbocycles. The molecule has 1 aromatic heterocycles. The van der Waals surface area contributed by atoms with Crippen molar-refractivity contribution in [3.8, 4) is 5.75 Å². The predicted molar refractivity (Wildman–Crippen MR) is 117 cm³/mol. The summed E-state index contributed by atoms with van der Waals surface area (Å²) in [5.74, 6) is -2.00. The summed E-state index contributed by atoms with van der Waals surface area (Å²) in [5, 5.41) is 12.4. The zero-order chi connectivity index (χ0) is 23.9. The van der Waals surface area contributed by atoms with Gasteiger partial charge in [-0.1, -0.05) is 54.1 Å². The Morgan fingerprint density at radius 1 is 0.970 bits per heavy atom. The van der Waals surface area contributed by atoms with Crippen LogP contribution in [0.3, 0.4) is 0 Å². The van der Waals surface area contributed by atoms with Crippen molar-refractivity contribution in [1.82, 2.24) is 9.58 Å². The van der Waals surface area contributed by atoms with Crippen LogP contribution in [0, 0.1) is 0 Å². The molecule has 4 rings (SSSR count). The number of carbonyl (C=O) groups excluding carboxylic acids is 1. The number of rotatable bonds is 4. The molecule has 2 atom stereocenters. The van der Waals surface area contributed by atoms with Gasteiger partial charge in [-0.05, 0) is 30.2 Å². The molecule has 3 aromatic rings. The van der Waals surface area contributed by atoms with Gasteiger partial charge in [-0.3, -0.25) is 19.3 Å². The molecule has 1 aliphatic rings. The fourth-order valence-corrected chi connectivity index (χ4v) is 3.98. The van der Waals surface area contributed by atoms with E-state index in [1.165, 1.54) is 15.9 Å². The van der Waals surface area contributed by atoms with E-state index in [0.29, 0.717) is 15.5 Å². The number of alkyl halides is 3. The zero-order valence-corrected chi connectivity index (χ0v) is 18.1. The fraction of sp³-hybridized carbons (Fsp3) is 0.217. The molecule has 1 N–H and O–H groups in total. The highest BCUT2D eigenvalue weighted by molar-refractivity contribution is 6.30. The first-order valence-corrected chi connectivity index (χ1v) is 10.4.